The van der Waals surface area contributed by atoms with Crippen molar-refractivity contribution in [1.82, 2.24) is 14.8 Å². The van der Waals surface area contributed by atoms with Crippen LogP contribution in [0.2, 0.25) is 0 Å². The molecule has 0 unspecified atom stereocenters. The van der Waals surface area contributed by atoms with Gasteiger partial charge in [-0.3, -0.25) is 9.78 Å². The SMILES string of the molecule is O=C(O)N1CCN(C(=O)CSc2ccncc2)CC1. The first-order valence-corrected chi connectivity index (χ1v) is 6.94. The number of amides is 2. The third-order valence-electron chi connectivity index (χ3n) is 2.91. The van der Waals surface area contributed by atoms with E-state index in [1.807, 2.05) is 12.1 Å². The summed E-state index contributed by atoms with van der Waals surface area (Å²) in [4.78, 5) is 30.7. The van der Waals surface area contributed by atoms with E-state index in [1.165, 1.54) is 16.7 Å². The number of rotatable bonds is 3. The average Bonchev–Trinajstić information content (AvgIpc) is 2.46. The molecule has 0 saturated carbocycles. The normalized spacial score (nSPS) is 15.4. The number of carboxylic acid groups (broad SMARTS) is 1. The van der Waals surface area contributed by atoms with Gasteiger partial charge < -0.3 is 14.9 Å². The zero-order valence-corrected chi connectivity index (χ0v) is 11.2. The lowest BCUT2D eigenvalue weighted by Crippen LogP contribution is -2.50. The number of thioether (sulfide) groups is 1. The van der Waals surface area contributed by atoms with Crippen molar-refractivity contribution in [3.05, 3.63) is 24.5 Å². The molecule has 19 heavy (non-hydrogen) atoms. The number of carbonyl (C=O) groups is 2. The van der Waals surface area contributed by atoms with Crippen molar-refractivity contribution in [3.63, 3.8) is 0 Å². The number of hydrogen-bond donors (Lipinski definition) is 1. The van der Waals surface area contributed by atoms with E-state index in [0.717, 1.165) is 4.90 Å². The number of carbonyl (C=O) groups excluding carboxylic acids is 1. The lowest BCUT2D eigenvalue weighted by atomic mass is 10.3. The standard InChI is InChI=1S/C12H15N3O3S/c16-11(9-19-10-1-3-13-4-2-10)14-5-7-15(8-6-14)12(17)18/h1-4H,5-9H2,(H,17,18). The first-order chi connectivity index (χ1) is 9.16. The van der Waals surface area contributed by atoms with Crippen LogP contribution in [-0.4, -0.2) is 63.8 Å². The summed E-state index contributed by atoms with van der Waals surface area (Å²) in [5.41, 5.74) is 0. The molecule has 2 rings (SSSR count). The summed E-state index contributed by atoms with van der Waals surface area (Å²) in [6.45, 7) is 1.73. The molecule has 0 atom stereocenters. The molecule has 6 nitrogen and oxygen atoms in total. The Bertz CT molecular complexity index is 447. The molecule has 1 fully saturated rings. The predicted octanol–water partition coefficient (Wildman–Crippen LogP) is 0.996. The summed E-state index contributed by atoms with van der Waals surface area (Å²) in [5.74, 6) is 0.420. The number of aromatic nitrogens is 1. The molecule has 1 saturated heterocycles. The Labute approximate surface area is 115 Å². The second kappa shape index (κ2) is 6.42. The van der Waals surface area contributed by atoms with Crippen molar-refractivity contribution < 1.29 is 14.7 Å². The van der Waals surface area contributed by atoms with Gasteiger partial charge in [-0.1, -0.05) is 0 Å². The van der Waals surface area contributed by atoms with Gasteiger partial charge in [-0.15, -0.1) is 11.8 Å². The zero-order chi connectivity index (χ0) is 13.7. The summed E-state index contributed by atoms with van der Waals surface area (Å²) in [7, 11) is 0. The van der Waals surface area contributed by atoms with E-state index >= 15 is 0 Å². The van der Waals surface area contributed by atoms with E-state index in [1.54, 1.807) is 17.3 Å². The fourth-order valence-electron chi connectivity index (χ4n) is 1.82. The highest BCUT2D eigenvalue weighted by Gasteiger charge is 2.23. The van der Waals surface area contributed by atoms with Crippen LogP contribution in [0.4, 0.5) is 4.79 Å². The molecule has 7 heteroatoms. The van der Waals surface area contributed by atoms with Crippen molar-refractivity contribution >= 4 is 23.8 Å². The van der Waals surface area contributed by atoms with E-state index in [4.69, 9.17) is 5.11 Å². The van der Waals surface area contributed by atoms with Gasteiger partial charge in [-0.25, -0.2) is 4.79 Å². The highest BCUT2D eigenvalue weighted by atomic mass is 32.2. The molecule has 1 aromatic heterocycles. The molecule has 0 aromatic carbocycles. The van der Waals surface area contributed by atoms with Crippen LogP contribution >= 0.6 is 11.8 Å². The van der Waals surface area contributed by atoms with Gasteiger partial charge in [0.25, 0.3) is 0 Å². The smallest absolute Gasteiger partial charge is 0.407 e. The molecule has 102 valence electrons. The molecule has 0 bridgehead atoms. The minimum atomic E-state index is -0.918. The zero-order valence-electron chi connectivity index (χ0n) is 10.4. The van der Waals surface area contributed by atoms with E-state index in [-0.39, 0.29) is 5.91 Å². The van der Waals surface area contributed by atoms with Crippen molar-refractivity contribution in [2.45, 2.75) is 4.90 Å². The Morgan fingerprint density at radius 3 is 2.32 bits per heavy atom. The molecule has 2 heterocycles. The maximum atomic E-state index is 12.0. The number of pyridine rings is 1. The third-order valence-corrected chi connectivity index (χ3v) is 3.91. The van der Waals surface area contributed by atoms with Gasteiger partial charge in [-0.05, 0) is 12.1 Å². The van der Waals surface area contributed by atoms with Crippen LogP contribution in [0.5, 0.6) is 0 Å². The van der Waals surface area contributed by atoms with Gasteiger partial charge >= 0.3 is 6.09 Å². The molecule has 0 spiro atoms. The van der Waals surface area contributed by atoms with Crippen LogP contribution in [0.3, 0.4) is 0 Å². The van der Waals surface area contributed by atoms with Crippen LogP contribution < -0.4 is 0 Å². The summed E-state index contributed by atoms with van der Waals surface area (Å²) in [6, 6.07) is 3.72. The Kier molecular flexibility index (Phi) is 4.62. The topological polar surface area (TPSA) is 73.7 Å². The van der Waals surface area contributed by atoms with Crippen molar-refractivity contribution in [1.29, 1.82) is 0 Å². The number of piperazine rings is 1. The highest BCUT2D eigenvalue weighted by Crippen LogP contribution is 2.17. The molecule has 1 aliphatic heterocycles. The van der Waals surface area contributed by atoms with E-state index in [0.29, 0.717) is 31.9 Å². The Balaban J connectivity index is 1.77. The Morgan fingerprint density at radius 2 is 1.74 bits per heavy atom. The Morgan fingerprint density at radius 1 is 1.16 bits per heavy atom. The fraction of sp³-hybridized carbons (Fsp3) is 0.417. The third kappa shape index (κ3) is 3.85. The van der Waals surface area contributed by atoms with Crippen molar-refractivity contribution in [3.8, 4) is 0 Å². The van der Waals surface area contributed by atoms with Crippen LogP contribution in [0, 0.1) is 0 Å². The largest absolute Gasteiger partial charge is 0.465 e. The maximum Gasteiger partial charge on any atom is 0.407 e. The molecule has 1 N–H and O–H groups in total. The van der Waals surface area contributed by atoms with E-state index in [2.05, 4.69) is 4.98 Å². The first kappa shape index (κ1) is 13.7. The Hall–Kier alpha value is -1.76. The number of nitrogens with zero attached hydrogens (tertiary/aromatic N) is 3. The van der Waals surface area contributed by atoms with Crippen molar-refractivity contribution in [2.75, 3.05) is 31.9 Å². The quantitative estimate of drug-likeness (QED) is 0.837. The summed E-state index contributed by atoms with van der Waals surface area (Å²) < 4.78 is 0. The fourth-order valence-corrected chi connectivity index (χ4v) is 2.60. The molecular weight excluding hydrogens is 266 g/mol. The van der Waals surface area contributed by atoms with Gasteiger partial charge in [-0.2, -0.15) is 0 Å². The molecule has 1 aliphatic rings. The summed E-state index contributed by atoms with van der Waals surface area (Å²) in [5, 5.41) is 8.83. The molecule has 2 amide bonds. The van der Waals surface area contributed by atoms with Crippen LogP contribution in [0.25, 0.3) is 0 Å². The second-order valence-corrected chi connectivity index (χ2v) is 5.17. The van der Waals surface area contributed by atoms with E-state index in [9.17, 15) is 9.59 Å². The summed E-state index contributed by atoms with van der Waals surface area (Å²) in [6.07, 6.45) is 2.47. The minimum absolute atomic E-state index is 0.0480. The van der Waals surface area contributed by atoms with Gasteiger partial charge in [0.05, 0.1) is 5.75 Å². The van der Waals surface area contributed by atoms with Gasteiger partial charge in [0.15, 0.2) is 0 Å². The summed E-state index contributed by atoms with van der Waals surface area (Å²) >= 11 is 1.47. The number of hydrogen-bond acceptors (Lipinski definition) is 4. The van der Waals surface area contributed by atoms with Crippen LogP contribution in [-0.2, 0) is 4.79 Å². The van der Waals surface area contributed by atoms with Gasteiger partial charge in [0, 0.05) is 43.5 Å². The van der Waals surface area contributed by atoms with Gasteiger partial charge in [0.1, 0.15) is 0 Å². The predicted molar refractivity (Wildman–Crippen MR) is 71.1 cm³/mol. The maximum absolute atomic E-state index is 12.0. The monoisotopic (exact) mass is 281 g/mol. The molecular formula is C12H15N3O3S. The molecule has 0 radical (unpaired) electrons. The lowest BCUT2D eigenvalue weighted by Gasteiger charge is -2.33. The van der Waals surface area contributed by atoms with E-state index < -0.39 is 6.09 Å². The highest BCUT2D eigenvalue weighted by molar-refractivity contribution is 8.00. The van der Waals surface area contributed by atoms with Gasteiger partial charge in [0.2, 0.25) is 5.91 Å². The average molecular weight is 281 g/mol. The second-order valence-electron chi connectivity index (χ2n) is 4.12. The van der Waals surface area contributed by atoms with Crippen LogP contribution in [0.1, 0.15) is 0 Å². The lowest BCUT2D eigenvalue weighted by molar-refractivity contribution is -0.129. The van der Waals surface area contributed by atoms with Crippen molar-refractivity contribution in [2.24, 2.45) is 0 Å². The first-order valence-electron chi connectivity index (χ1n) is 5.95. The van der Waals surface area contributed by atoms with Crippen LogP contribution in [0.15, 0.2) is 29.4 Å². The minimum Gasteiger partial charge on any atom is -0.465 e. The molecule has 0 aliphatic carbocycles. The molecule has 1 aromatic rings.